The molecule has 1 aromatic heterocycles. The molecule has 1 aliphatic rings. The Hall–Kier alpha value is -2.67. The number of aromatic nitrogens is 2. The molecule has 1 N–H and O–H groups in total. The van der Waals surface area contributed by atoms with Crippen LogP contribution in [0.1, 0.15) is 36.4 Å². The second-order valence-electron chi connectivity index (χ2n) is 9.32. The largest absolute Gasteiger partial charge is 0.491 e. The van der Waals surface area contributed by atoms with Crippen molar-refractivity contribution in [3.05, 3.63) is 83.4 Å². The molecule has 33 heavy (non-hydrogen) atoms. The van der Waals surface area contributed by atoms with Crippen molar-refractivity contribution in [3.8, 4) is 5.75 Å². The summed E-state index contributed by atoms with van der Waals surface area (Å²) in [6.07, 6.45) is 4.35. The molecular formula is C27H36N4O2. The average Bonchev–Trinajstić information content (AvgIpc) is 3.21. The van der Waals surface area contributed by atoms with Gasteiger partial charge in [-0.15, -0.1) is 0 Å². The van der Waals surface area contributed by atoms with Crippen LogP contribution in [-0.2, 0) is 33.1 Å². The van der Waals surface area contributed by atoms with Gasteiger partial charge in [0, 0.05) is 51.7 Å². The van der Waals surface area contributed by atoms with Crippen LogP contribution in [0.2, 0.25) is 0 Å². The van der Waals surface area contributed by atoms with Gasteiger partial charge >= 0.3 is 0 Å². The fourth-order valence-electron chi connectivity index (χ4n) is 4.37. The Bertz CT molecular complexity index is 1030. The number of aryl methyl sites for hydroxylation is 1. The number of rotatable bonds is 10. The smallest absolute Gasteiger partial charge is 0.122 e. The summed E-state index contributed by atoms with van der Waals surface area (Å²) in [6, 6.07) is 17.2. The van der Waals surface area contributed by atoms with Gasteiger partial charge in [0.15, 0.2) is 0 Å². The van der Waals surface area contributed by atoms with Crippen molar-refractivity contribution in [1.29, 1.82) is 0 Å². The number of hydrogen-bond donors (Lipinski definition) is 1. The molecule has 0 unspecified atom stereocenters. The van der Waals surface area contributed by atoms with E-state index in [0.717, 1.165) is 44.2 Å². The van der Waals surface area contributed by atoms with Gasteiger partial charge in [-0.05, 0) is 49.1 Å². The Labute approximate surface area is 197 Å². The number of β-amino-alcohol motifs (C(OH)–C–C–N with tert-alkyl or cyclic N) is 1. The fraction of sp³-hybridized carbons (Fsp3) is 0.444. The van der Waals surface area contributed by atoms with Gasteiger partial charge in [0.1, 0.15) is 24.3 Å². The normalized spacial score (nSPS) is 15.1. The highest BCUT2D eigenvalue weighted by Gasteiger charge is 2.19. The molecule has 2 heterocycles. The lowest BCUT2D eigenvalue weighted by molar-refractivity contribution is 0.0637. The summed E-state index contributed by atoms with van der Waals surface area (Å²) in [5, 5.41) is 10.6. The molecule has 6 nitrogen and oxygen atoms in total. The first kappa shape index (κ1) is 23.5. The summed E-state index contributed by atoms with van der Waals surface area (Å²) in [4.78, 5) is 9.17. The van der Waals surface area contributed by atoms with Gasteiger partial charge in [-0.1, -0.05) is 36.4 Å². The first-order valence-corrected chi connectivity index (χ1v) is 11.9. The molecular weight excluding hydrogens is 412 g/mol. The van der Waals surface area contributed by atoms with E-state index in [1.165, 1.54) is 16.7 Å². The highest BCUT2D eigenvalue weighted by atomic mass is 16.5. The molecule has 0 fully saturated rings. The Balaban J connectivity index is 1.29. The van der Waals surface area contributed by atoms with E-state index in [0.29, 0.717) is 19.2 Å². The summed E-state index contributed by atoms with van der Waals surface area (Å²) in [5.74, 6) is 1.86. The van der Waals surface area contributed by atoms with Crippen LogP contribution in [0.25, 0.3) is 0 Å². The molecule has 4 rings (SSSR count). The van der Waals surface area contributed by atoms with E-state index in [-0.39, 0.29) is 0 Å². The first-order valence-electron chi connectivity index (χ1n) is 11.9. The maximum absolute atomic E-state index is 10.6. The van der Waals surface area contributed by atoms with E-state index >= 15 is 0 Å². The summed E-state index contributed by atoms with van der Waals surface area (Å²) in [6.45, 7) is 8.81. The molecule has 0 bridgehead atoms. The van der Waals surface area contributed by atoms with E-state index in [4.69, 9.17) is 4.74 Å². The maximum atomic E-state index is 10.6. The standard InChI is InChI=1S/C27H36N4O2/c1-21(2)31(19-27-28-12-14-29(27)3)16-22-7-6-10-26(15-22)33-20-25(32)18-30-13-11-23-8-4-5-9-24(23)17-30/h4-10,12,14-15,21,25,32H,11,13,16-20H2,1-3H3/t25-/m1/s1. The van der Waals surface area contributed by atoms with Crippen LogP contribution in [0, 0.1) is 0 Å². The van der Waals surface area contributed by atoms with E-state index in [2.05, 4.69) is 69.6 Å². The van der Waals surface area contributed by atoms with Gasteiger partial charge < -0.3 is 14.4 Å². The van der Waals surface area contributed by atoms with Gasteiger partial charge in [-0.25, -0.2) is 4.98 Å². The number of nitrogens with zero attached hydrogens (tertiary/aromatic N) is 4. The van der Waals surface area contributed by atoms with Crippen LogP contribution < -0.4 is 4.74 Å². The van der Waals surface area contributed by atoms with Crippen LogP contribution >= 0.6 is 0 Å². The Morgan fingerprint density at radius 3 is 2.67 bits per heavy atom. The second-order valence-corrected chi connectivity index (χ2v) is 9.32. The van der Waals surface area contributed by atoms with Gasteiger partial charge in [0.2, 0.25) is 0 Å². The number of benzene rings is 2. The molecule has 0 saturated heterocycles. The molecule has 0 radical (unpaired) electrons. The minimum absolute atomic E-state index is 0.294. The van der Waals surface area contributed by atoms with Gasteiger partial charge in [-0.3, -0.25) is 9.80 Å². The Kier molecular flexibility index (Phi) is 7.81. The van der Waals surface area contributed by atoms with Crippen molar-refractivity contribution in [2.45, 2.75) is 52.0 Å². The minimum Gasteiger partial charge on any atom is -0.491 e. The zero-order valence-electron chi connectivity index (χ0n) is 20.0. The molecule has 1 atom stereocenters. The average molecular weight is 449 g/mol. The van der Waals surface area contributed by atoms with E-state index in [1.54, 1.807) is 0 Å². The minimum atomic E-state index is -0.519. The van der Waals surface area contributed by atoms with Gasteiger partial charge in [0.25, 0.3) is 0 Å². The van der Waals surface area contributed by atoms with Crippen molar-refractivity contribution < 1.29 is 9.84 Å². The van der Waals surface area contributed by atoms with Crippen LogP contribution in [-0.4, -0.2) is 56.3 Å². The molecule has 1 aliphatic heterocycles. The summed E-state index contributed by atoms with van der Waals surface area (Å²) >= 11 is 0. The molecule has 0 spiro atoms. The first-order chi connectivity index (χ1) is 16.0. The van der Waals surface area contributed by atoms with E-state index in [9.17, 15) is 5.11 Å². The molecule has 3 aromatic rings. The number of ether oxygens (including phenoxy) is 1. The molecule has 0 amide bonds. The molecule has 2 aromatic carbocycles. The highest BCUT2D eigenvalue weighted by Crippen LogP contribution is 2.20. The Morgan fingerprint density at radius 2 is 1.91 bits per heavy atom. The predicted octanol–water partition coefficient (Wildman–Crippen LogP) is 3.63. The fourth-order valence-corrected chi connectivity index (χ4v) is 4.37. The quantitative estimate of drug-likeness (QED) is 0.513. The lowest BCUT2D eigenvalue weighted by Gasteiger charge is -2.30. The van der Waals surface area contributed by atoms with Gasteiger partial charge in [0.05, 0.1) is 6.54 Å². The SMILES string of the molecule is CC(C)N(Cc1cccc(OC[C@H](O)CN2CCc3ccccc3C2)c1)Cc1nccn1C. The molecule has 0 saturated carbocycles. The molecule has 0 aliphatic carbocycles. The number of hydrogen-bond acceptors (Lipinski definition) is 5. The molecule has 176 valence electrons. The molecule has 6 heteroatoms. The van der Waals surface area contributed by atoms with Gasteiger partial charge in [-0.2, -0.15) is 0 Å². The van der Waals surface area contributed by atoms with Crippen molar-refractivity contribution in [1.82, 2.24) is 19.4 Å². The van der Waals surface area contributed by atoms with Crippen LogP contribution in [0.3, 0.4) is 0 Å². The summed E-state index contributed by atoms with van der Waals surface area (Å²) in [5.41, 5.74) is 3.98. The van der Waals surface area contributed by atoms with E-state index in [1.807, 2.05) is 31.6 Å². The lowest BCUT2D eigenvalue weighted by Crippen LogP contribution is -2.38. The van der Waals surface area contributed by atoms with Crippen molar-refractivity contribution in [2.75, 3.05) is 19.7 Å². The Morgan fingerprint density at radius 1 is 1.09 bits per heavy atom. The number of aliphatic hydroxyl groups is 1. The third kappa shape index (κ3) is 6.44. The van der Waals surface area contributed by atoms with Crippen LogP contribution in [0.15, 0.2) is 60.9 Å². The predicted molar refractivity (Wildman–Crippen MR) is 131 cm³/mol. The third-order valence-electron chi connectivity index (χ3n) is 6.40. The van der Waals surface area contributed by atoms with Crippen molar-refractivity contribution in [2.24, 2.45) is 7.05 Å². The summed E-state index contributed by atoms with van der Waals surface area (Å²) < 4.78 is 8.04. The van der Waals surface area contributed by atoms with Crippen molar-refractivity contribution >= 4 is 0 Å². The summed E-state index contributed by atoms with van der Waals surface area (Å²) in [7, 11) is 2.03. The van der Waals surface area contributed by atoms with E-state index < -0.39 is 6.10 Å². The topological polar surface area (TPSA) is 53.8 Å². The zero-order valence-corrected chi connectivity index (χ0v) is 20.0. The number of fused-ring (bicyclic) bond motifs is 1. The highest BCUT2D eigenvalue weighted by molar-refractivity contribution is 5.29. The third-order valence-corrected chi connectivity index (χ3v) is 6.40. The number of imidazole rings is 1. The second kappa shape index (κ2) is 11.0. The van der Waals surface area contributed by atoms with Crippen LogP contribution in [0.4, 0.5) is 0 Å². The van der Waals surface area contributed by atoms with Crippen molar-refractivity contribution in [3.63, 3.8) is 0 Å². The zero-order chi connectivity index (χ0) is 23.2. The number of aliphatic hydroxyl groups excluding tert-OH is 1. The lowest BCUT2D eigenvalue weighted by atomic mass is 10.00. The van der Waals surface area contributed by atoms with Crippen LogP contribution in [0.5, 0.6) is 5.75 Å². The maximum Gasteiger partial charge on any atom is 0.122 e. The monoisotopic (exact) mass is 448 g/mol.